The summed E-state index contributed by atoms with van der Waals surface area (Å²) in [5.74, 6) is 0.890. The first-order valence-electron chi connectivity index (χ1n) is 9.06. The minimum Gasteiger partial charge on any atom is -0.378 e. The lowest BCUT2D eigenvalue weighted by Gasteiger charge is -2.30. The highest BCUT2D eigenvalue weighted by Gasteiger charge is 2.14. The number of morpholine rings is 1. The first kappa shape index (κ1) is 18.2. The molecule has 1 amide bonds. The number of pyridine rings is 1. The number of ether oxygens (including phenoxy) is 1. The predicted octanol–water partition coefficient (Wildman–Crippen LogP) is 3.65. The summed E-state index contributed by atoms with van der Waals surface area (Å²) in [6.45, 7) is 7.31. The van der Waals surface area contributed by atoms with E-state index >= 15 is 0 Å². The quantitative estimate of drug-likeness (QED) is 0.829. The molecule has 1 aliphatic rings. The van der Waals surface area contributed by atoms with Crippen molar-refractivity contribution in [3.8, 4) is 0 Å². The normalized spacial score (nSPS) is 14.3. The van der Waals surface area contributed by atoms with E-state index in [0.717, 1.165) is 43.4 Å². The van der Waals surface area contributed by atoms with E-state index in [1.165, 1.54) is 0 Å². The highest BCUT2D eigenvalue weighted by molar-refractivity contribution is 5.90. The molecule has 1 saturated heterocycles. The minimum absolute atomic E-state index is 0.00845. The molecular weight excluding hydrogens is 328 g/mol. The van der Waals surface area contributed by atoms with Crippen LogP contribution in [0.15, 0.2) is 42.6 Å². The Kier molecular flexibility index (Phi) is 6.07. The number of hydrogen-bond donors (Lipinski definition) is 2. The van der Waals surface area contributed by atoms with E-state index < -0.39 is 0 Å². The average molecular weight is 354 g/mol. The SMILES string of the molecule is CC(C)CC(=O)Nc1ccc(Nc2ccccc2N2CCOCC2)cn1. The second-order valence-corrected chi connectivity index (χ2v) is 6.82. The zero-order valence-electron chi connectivity index (χ0n) is 15.4. The molecule has 1 aromatic heterocycles. The summed E-state index contributed by atoms with van der Waals surface area (Å²) < 4.78 is 5.44. The molecule has 6 nitrogen and oxygen atoms in total. The van der Waals surface area contributed by atoms with Crippen LogP contribution in [0.25, 0.3) is 0 Å². The van der Waals surface area contributed by atoms with Gasteiger partial charge in [0.25, 0.3) is 0 Å². The number of aromatic nitrogens is 1. The molecule has 0 radical (unpaired) electrons. The Balaban J connectivity index is 1.67. The van der Waals surface area contributed by atoms with Crippen LogP contribution in [0, 0.1) is 5.92 Å². The largest absolute Gasteiger partial charge is 0.378 e. The molecule has 0 bridgehead atoms. The van der Waals surface area contributed by atoms with Gasteiger partial charge >= 0.3 is 0 Å². The lowest BCUT2D eigenvalue weighted by Crippen LogP contribution is -2.36. The molecule has 0 atom stereocenters. The van der Waals surface area contributed by atoms with Gasteiger partial charge in [0.05, 0.1) is 36.5 Å². The van der Waals surface area contributed by atoms with Crippen LogP contribution in [-0.2, 0) is 9.53 Å². The first-order chi connectivity index (χ1) is 12.6. The van der Waals surface area contributed by atoms with Gasteiger partial charge in [-0.3, -0.25) is 4.79 Å². The number of hydrogen-bond acceptors (Lipinski definition) is 5. The molecule has 0 saturated carbocycles. The monoisotopic (exact) mass is 354 g/mol. The van der Waals surface area contributed by atoms with Crippen LogP contribution in [0.2, 0.25) is 0 Å². The number of carbonyl (C=O) groups excluding carboxylic acids is 1. The summed E-state index contributed by atoms with van der Waals surface area (Å²) in [6.07, 6.45) is 2.23. The van der Waals surface area contributed by atoms with Crippen molar-refractivity contribution in [3.63, 3.8) is 0 Å². The Hall–Kier alpha value is -2.60. The average Bonchev–Trinajstić information content (AvgIpc) is 2.64. The predicted molar refractivity (Wildman–Crippen MR) is 105 cm³/mol. The number of amides is 1. The fourth-order valence-corrected chi connectivity index (χ4v) is 2.92. The number of rotatable bonds is 6. The third-order valence-electron chi connectivity index (χ3n) is 4.16. The first-order valence-corrected chi connectivity index (χ1v) is 9.06. The zero-order valence-corrected chi connectivity index (χ0v) is 15.4. The number of benzene rings is 1. The van der Waals surface area contributed by atoms with Crippen LogP contribution >= 0.6 is 0 Å². The molecule has 1 fully saturated rings. The van der Waals surface area contributed by atoms with Gasteiger partial charge in [0, 0.05) is 19.5 Å². The molecule has 2 N–H and O–H groups in total. The summed E-state index contributed by atoms with van der Waals surface area (Å²) in [5.41, 5.74) is 3.07. The number of carbonyl (C=O) groups is 1. The van der Waals surface area contributed by atoms with Gasteiger partial charge in [0.2, 0.25) is 5.91 Å². The molecule has 3 rings (SSSR count). The summed E-state index contributed by atoms with van der Waals surface area (Å²) in [5, 5.41) is 6.25. The molecule has 26 heavy (non-hydrogen) atoms. The molecule has 0 unspecified atom stereocenters. The summed E-state index contributed by atoms with van der Waals surface area (Å²) in [6, 6.07) is 12.0. The van der Waals surface area contributed by atoms with E-state index in [-0.39, 0.29) is 5.91 Å². The van der Waals surface area contributed by atoms with Crippen LogP contribution in [-0.4, -0.2) is 37.2 Å². The van der Waals surface area contributed by atoms with Crippen LogP contribution in [0.5, 0.6) is 0 Å². The van der Waals surface area contributed by atoms with Gasteiger partial charge in [-0.05, 0) is 30.2 Å². The number of nitrogens with one attached hydrogen (secondary N) is 2. The van der Waals surface area contributed by atoms with E-state index in [0.29, 0.717) is 18.2 Å². The van der Waals surface area contributed by atoms with Crippen molar-refractivity contribution >= 4 is 28.8 Å². The molecule has 1 aliphatic heterocycles. The number of nitrogens with zero attached hydrogens (tertiary/aromatic N) is 2. The third-order valence-corrected chi connectivity index (χ3v) is 4.16. The van der Waals surface area contributed by atoms with Crippen molar-refractivity contribution in [2.45, 2.75) is 20.3 Å². The highest BCUT2D eigenvalue weighted by atomic mass is 16.5. The van der Waals surface area contributed by atoms with Crippen molar-refractivity contribution in [1.29, 1.82) is 0 Å². The summed E-state index contributed by atoms with van der Waals surface area (Å²) >= 11 is 0. The van der Waals surface area contributed by atoms with E-state index in [1.807, 2.05) is 38.1 Å². The minimum atomic E-state index is -0.00845. The van der Waals surface area contributed by atoms with Crippen LogP contribution in [0.1, 0.15) is 20.3 Å². The molecule has 2 aromatic rings. The van der Waals surface area contributed by atoms with Gasteiger partial charge in [-0.2, -0.15) is 0 Å². The van der Waals surface area contributed by atoms with Crippen molar-refractivity contribution in [2.24, 2.45) is 5.92 Å². The van der Waals surface area contributed by atoms with E-state index in [9.17, 15) is 4.79 Å². The molecule has 1 aromatic carbocycles. The topological polar surface area (TPSA) is 66.5 Å². The fraction of sp³-hybridized carbons (Fsp3) is 0.400. The van der Waals surface area contributed by atoms with Crippen molar-refractivity contribution in [3.05, 3.63) is 42.6 Å². The van der Waals surface area contributed by atoms with Gasteiger partial charge in [0.1, 0.15) is 5.82 Å². The Morgan fingerprint density at radius 3 is 2.65 bits per heavy atom. The number of anilines is 4. The van der Waals surface area contributed by atoms with Crippen molar-refractivity contribution < 1.29 is 9.53 Å². The van der Waals surface area contributed by atoms with Crippen LogP contribution in [0.3, 0.4) is 0 Å². The van der Waals surface area contributed by atoms with Gasteiger partial charge in [-0.25, -0.2) is 4.98 Å². The maximum atomic E-state index is 11.8. The number of para-hydroxylation sites is 2. The molecule has 2 heterocycles. The summed E-state index contributed by atoms with van der Waals surface area (Å²) in [7, 11) is 0. The Labute approximate surface area is 154 Å². The molecule has 0 spiro atoms. The van der Waals surface area contributed by atoms with Crippen LogP contribution in [0.4, 0.5) is 22.9 Å². The third kappa shape index (κ3) is 4.95. The highest BCUT2D eigenvalue weighted by Crippen LogP contribution is 2.29. The van der Waals surface area contributed by atoms with Gasteiger partial charge in [-0.1, -0.05) is 26.0 Å². The molecule has 0 aliphatic carbocycles. The standard InChI is InChI=1S/C20H26N4O2/c1-15(2)13-20(25)23-19-8-7-16(14-21-19)22-17-5-3-4-6-18(17)24-9-11-26-12-10-24/h3-8,14-15,22H,9-13H2,1-2H3,(H,21,23,25). The van der Waals surface area contributed by atoms with Crippen molar-refractivity contribution in [2.75, 3.05) is 41.8 Å². The summed E-state index contributed by atoms with van der Waals surface area (Å²) in [4.78, 5) is 18.5. The van der Waals surface area contributed by atoms with Crippen LogP contribution < -0.4 is 15.5 Å². The molecule has 6 heteroatoms. The molecule has 138 valence electrons. The van der Waals surface area contributed by atoms with Crippen molar-refractivity contribution in [1.82, 2.24) is 4.98 Å². The van der Waals surface area contributed by atoms with E-state index in [4.69, 9.17) is 4.74 Å². The van der Waals surface area contributed by atoms with Gasteiger partial charge in [-0.15, -0.1) is 0 Å². The fourth-order valence-electron chi connectivity index (χ4n) is 2.92. The maximum Gasteiger partial charge on any atom is 0.225 e. The zero-order chi connectivity index (χ0) is 18.4. The van der Waals surface area contributed by atoms with Gasteiger partial charge in [0.15, 0.2) is 0 Å². The molecular formula is C20H26N4O2. The Morgan fingerprint density at radius 1 is 1.19 bits per heavy atom. The van der Waals surface area contributed by atoms with Gasteiger partial charge < -0.3 is 20.3 Å². The Bertz CT molecular complexity index is 725. The Morgan fingerprint density at radius 2 is 1.96 bits per heavy atom. The second kappa shape index (κ2) is 8.67. The van der Waals surface area contributed by atoms with E-state index in [2.05, 4.69) is 32.7 Å². The maximum absolute atomic E-state index is 11.8. The second-order valence-electron chi connectivity index (χ2n) is 6.82. The van der Waals surface area contributed by atoms with E-state index in [1.54, 1.807) is 6.20 Å². The lowest BCUT2D eigenvalue weighted by atomic mass is 10.1. The lowest BCUT2D eigenvalue weighted by molar-refractivity contribution is -0.116. The smallest absolute Gasteiger partial charge is 0.225 e.